The minimum atomic E-state index is -0.177. The quantitative estimate of drug-likeness (QED) is 0.705. The van der Waals surface area contributed by atoms with Crippen LogP contribution < -0.4 is 10.5 Å². The molecule has 1 aromatic heterocycles. The molecule has 2 heterocycles. The van der Waals surface area contributed by atoms with Crippen molar-refractivity contribution in [1.29, 1.82) is 5.26 Å². The van der Waals surface area contributed by atoms with E-state index in [1.807, 2.05) is 12.3 Å². The topological polar surface area (TPSA) is 58.3 Å². The average molecular weight is 394 g/mol. The SMILES string of the molecule is Cc1cccc(COC2CCN(c3ccn(CCC(C)C)c(=O)c3C#N)CC2)c1. The van der Waals surface area contributed by atoms with E-state index in [2.05, 4.69) is 56.0 Å². The number of hydrogen-bond acceptors (Lipinski definition) is 4. The summed E-state index contributed by atoms with van der Waals surface area (Å²) in [6.45, 7) is 9.23. The van der Waals surface area contributed by atoms with Gasteiger partial charge in [0.25, 0.3) is 5.56 Å². The third kappa shape index (κ3) is 5.48. The molecule has 1 aromatic carbocycles. The van der Waals surface area contributed by atoms with Crippen molar-refractivity contribution in [2.45, 2.75) is 59.3 Å². The molecule has 0 aliphatic carbocycles. The number of aromatic nitrogens is 1. The predicted octanol–water partition coefficient (Wildman–Crippen LogP) is 4.26. The summed E-state index contributed by atoms with van der Waals surface area (Å²) in [5.74, 6) is 0.519. The van der Waals surface area contributed by atoms with Crippen molar-refractivity contribution in [3.8, 4) is 6.07 Å². The van der Waals surface area contributed by atoms with Crippen molar-refractivity contribution in [3.05, 3.63) is 63.6 Å². The third-order valence-electron chi connectivity index (χ3n) is 5.55. The number of anilines is 1. The first-order chi connectivity index (χ1) is 14.0. The zero-order valence-electron chi connectivity index (χ0n) is 17.7. The Balaban J connectivity index is 1.61. The molecule has 0 N–H and O–H groups in total. The highest BCUT2D eigenvalue weighted by atomic mass is 16.5. The number of benzene rings is 1. The van der Waals surface area contributed by atoms with Crippen LogP contribution in [-0.2, 0) is 17.9 Å². The highest BCUT2D eigenvalue weighted by Gasteiger charge is 2.23. The van der Waals surface area contributed by atoms with Gasteiger partial charge in [0.2, 0.25) is 0 Å². The molecule has 0 spiro atoms. The molecule has 29 heavy (non-hydrogen) atoms. The Morgan fingerprint density at radius 2 is 2.00 bits per heavy atom. The second-order valence-corrected chi connectivity index (χ2v) is 8.36. The maximum Gasteiger partial charge on any atom is 0.270 e. The molecule has 5 nitrogen and oxygen atoms in total. The predicted molar refractivity (Wildman–Crippen MR) is 116 cm³/mol. The summed E-state index contributed by atoms with van der Waals surface area (Å²) in [6, 6.07) is 12.5. The zero-order chi connectivity index (χ0) is 20.8. The Morgan fingerprint density at radius 3 is 2.66 bits per heavy atom. The monoisotopic (exact) mass is 393 g/mol. The smallest absolute Gasteiger partial charge is 0.270 e. The number of piperidine rings is 1. The van der Waals surface area contributed by atoms with Gasteiger partial charge in [0, 0.05) is 25.8 Å². The van der Waals surface area contributed by atoms with Gasteiger partial charge in [-0.05, 0) is 43.7 Å². The lowest BCUT2D eigenvalue weighted by Gasteiger charge is -2.34. The van der Waals surface area contributed by atoms with Crippen molar-refractivity contribution < 1.29 is 4.74 Å². The Morgan fingerprint density at radius 1 is 1.24 bits per heavy atom. The summed E-state index contributed by atoms with van der Waals surface area (Å²) in [6.07, 6.45) is 4.76. The number of rotatable bonds is 7. The summed E-state index contributed by atoms with van der Waals surface area (Å²) < 4.78 is 7.77. The van der Waals surface area contributed by atoms with Gasteiger partial charge >= 0.3 is 0 Å². The van der Waals surface area contributed by atoms with Gasteiger partial charge in [0.05, 0.1) is 18.4 Å². The molecule has 0 radical (unpaired) electrons. The van der Waals surface area contributed by atoms with Gasteiger partial charge in [0.1, 0.15) is 11.6 Å². The fourth-order valence-corrected chi connectivity index (χ4v) is 3.79. The first-order valence-electron chi connectivity index (χ1n) is 10.5. The minimum absolute atomic E-state index is 0.177. The number of nitriles is 1. The van der Waals surface area contributed by atoms with Crippen molar-refractivity contribution in [3.63, 3.8) is 0 Å². The van der Waals surface area contributed by atoms with Crippen LogP contribution in [0, 0.1) is 24.2 Å². The molecule has 1 aliphatic heterocycles. The molecule has 1 saturated heterocycles. The summed E-state index contributed by atoms with van der Waals surface area (Å²) in [7, 11) is 0. The lowest BCUT2D eigenvalue weighted by atomic mass is 10.1. The Hall–Kier alpha value is -2.58. The van der Waals surface area contributed by atoms with Crippen molar-refractivity contribution in [2.24, 2.45) is 5.92 Å². The summed E-state index contributed by atoms with van der Waals surface area (Å²) in [5, 5.41) is 9.60. The van der Waals surface area contributed by atoms with Gasteiger partial charge in [-0.3, -0.25) is 4.79 Å². The van der Waals surface area contributed by atoms with Crippen LogP contribution in [0.1, 0.15) is 49.8 Å². The molecular weight excluding hydrogens is 362 g/mol. The van der Waals surface area contributed by atoms with Crippen LogP contribution in [0.25, 0.3) is 0 Å². The maximum atomic E-state index is 12.7. The van der Waals surface area contributed by atoms with Crippen LogP contribution in [0.3, 0.4) is 0 Å². The van der Waals surface area contributed by atoms with Crippen LogP contribution in [0.4, 0.5) is 5.69 Å². The first-order valence-corrected chi connectivity index (χ1v) is 10.5. The van der Waals surface area contributed by atoms with Gasteiger partial charge in [-0.2, -0.15) is 5.26 Å². The van der Waals surface area contributed by atoms with Gasteiger partial charge in [-0.15, -0.1) is 0 Å². The van der Waals surface area contributed by atoms with E-state index < -0.39 is 0 Å². The number of ether oxygens (including phenoxy) is 1. The fraction of sp³-hybridized carbons (Fsp3) is 0.500. The molecule has 0 unspecified atom stereocenters. The van der Waals surface area contributed by atoms with E-state index in [1.165, 1.54) is 11.1 Å². The molecule has 3 rings (SSSR count). The molecule has 0 bridgehead atoms. The summed E-state index contributed by atoms with van der Waals surface area (Å²) >= 11 is 0. The summed E-state index contributed by atoms with van der Waals surface area (Å²) in [5.41, 5.74) is 3.28. The standard InChI is InChI=1S/C24H31N3O2/c1-18(2)7-11-27-14-10-23(22(16-25)24(27)28)26-12-8-21(9-13-26)29-17-20-6-4-5-19(3)15-20/h4-6,10,14-15,18,21H,7-9,11-13,17H2,1-3H3. The van der Waals surface area contributed by atoms with Gasteiger partial charge in [-0.1, -0.05) is 43.7 Å². The molecule has 2 aromatic rings. The van der Waals surface area contributed by atoms with E-state index in [4.69, 9.17) is 4.74 Å². The van der Waals surface area contributed by atoms with Crippen LogP contribution in [0.2, 0.25) is 0 Å². The Labute approximate surface area is 173 Å². The van der Waals surface area contributed by atoms with E-state index in [9.17, 15) is 10.1 Å². The number of aryl methyl sites for hydroxylation is 2. The van der Waals surface area contributed by atoms with E-state index in [0.717, 1.165) is 38.0 Å². The molecule has 154 valence electrons. The van der Waals surface area contributed by atoms with Gasteiger partial charge in [0.15, 0.2) is 0 Å². The number of nitrogens with zero attached hydrogens (tertiary/aromatic N) is 3. The van der Waals surface area contributed by atoms with E-state index in [-0.39, 0.29) is 17.2 Å². The average Bonchev–Trinajstić information content (AvgIpc) is 2.71. The molecular formula is C24H31N3O2. The second-order valence-electron chi connectivity index (χ2n) is 8.36. The van der Waals surface area contributed by atoms with Gasteiger partial charge in [-0.25, -0.2) is 0 Å². The fourth-order valence-electron chi connectivity index (χ4n) is 3.79. The van der Waals surface area contributed by atoms with Crippen molar-refractivity contribution in [2.75, 3.05) is 18.0 Å². The van der Waals surface area contributed by atoms with Crippen LogP contribution in [0.15, 0.2) is 41.3 Å². The summed E-state index contributed by atoms with van der Waals surface area (Å²) in [4.78, 5) is 14.9. The number of pyridine rings is 1. The largest absolute Gasteiger partial charge is 0.373 e. The molecule has 0 saturated carbocycles. The van der Waals surface area contributed by atoms with Crippen molar-refractivity contribution in [1.82, 2.24) is 4.57 Å². The Kier molecular flexibility index (Phi) is 7.11. The van der Waals surface area contributed by atoms with Crippen LogP contribution in [0.5, 0.6) is 0 Å². The lowest BCUT2D eigenvalue weighted by molar-refractivity contribution is 0.0251. The minimum Gasteiger partial charge on any atom is -0.373 e. The number of hydrogen-bond donors (Lipinski definition) is 0. The van der Waals surface area contributed by atoms with Crippen molar-refractivity contribution >= 4 is 5.69 Å². The highest BCUT2D eigenvalue weighted by molar-refractivity contribution is 5.58. The highest BCUT2D eigenvalue weighted by Crippen LogP contribution is 2.24. The maximum absolute atomic E-state index is 12.7. The first kappa shape index (κ1) is 21.1. The van der Waals surface area contributed by atoms with E-state index in [0.29, 0.717) is 19.1 Å². The molecule has 1 fully saturated rings. The molecule has 5 heteroatoms. The van der Waals surface area contributed by atoms with Crippen LogP contribution in [-0.4, -0.2) is 23.8 Å². The van der Waals surface area contributed by atoms with Gasteiger partial charge < -0.3 is 14.2 Å². The van der Waals surface area contributed by atoms with E-state index >= 15 is 0 Å². The van der Waals surface area contributed by atoms with Crippen LogP contribution >= 0.6 is 0 Å². The molecule has 0 amide bonds. The lowest BCUT2D eigenvalue weighted by Crippen LogP contribution is -2.38. The second kappa shape index (κ2) is 9.76. The Bertz CT molecular complexity index is 918. The third-order valence-corrected chi connectivity index (χ3v) is 5.55. The normalized spacial score (nSPS) is 14.9. The molecule has 0 atom stereocenters. The molecule has 1 aliphatic rings. The van der Waals surface area contributed by atoms with E-state index in [1.54, 1.807) is 4.57 Å². The zero-order valence-corrected chi connectivity index (χ0v) is 17.7.